The number of ether oxygens (including phenoxy) is 6. The topological polar surface area (TPSA) is 198 Å². The van der Waals surface area contributed by atoms with Crippen molar-refractivity contribution in [3.63, 3.8) is 0 Å². The van der Waals surface area contributed by atoms with E-state index in [9.17, 15) is 39.0 Å². The minimum Gasteiger partial charge on any atom is -0.462 e. The lowest BCUT2D eigenvalue weighted by Gasteiger charge is -2.64. The highest BCUT2D eigenvalue weighted by Crippen LogP contribution is 2.63. The van der Waals surface area contributed by atoms with Crippen molar-refractivity contribution >= 4 is 35.8 Å². The van der Waals surface area contributed by atoms with Crippen molar-refractivity contribution in [1.29, 1.82) is 0 Å². The summed E-state index contributed by atoms with van der Waals surface area (Å²) in [5.41, 5.74) is -4.42. The van der Waals surface area contributed by atoms with Crippen LogP contribution < -0.4 is 0 Å². The Labute approximate surface area is 296 Å². The molecule has 1 aromatic carbocycles. The van der Waals surface area contributed by atoms with Crippen LogP contribution in [0.25, 0.3) is 0 Å². The zero-order valence-corrected chi connectivity index (χ0v) is 30.4. The van der Waals surface area contributed by atoms with E-state index in [1.54, 1.807) is 39.0 Å². The maximum absolute atomic E-state index is 14.1. The summed E-state index contributed by atoms with van der Waals surface area (Å²) in [7, 11) is 0. The molecule has 280 valence electrons. The van der Waals surface area contributed by atoms with Crippen LogP contribution >= 0.6 is 0 Å². The van der Waals surface area contributed by atoms with Crippen molar-refractivity contribution in [1.82, 2.24) is 0 Å². The van der Waals surface area contributed by atoms with E-state index in [2.05, 4.69) is 0 Å². The normalized spacial score (nSPS) is 34.0. The van der Waals surface area contributed by atoms with Crippen LogP contribution in [-0.4, -0.2) is 94.9 Å². The molecular formula is C37H48O14. The van der Waals surface area contributed by atoms with Gasteiger partial charge in [-0.2, -0.15) is 0 Å². The number of hydrogen-bond acceptors (Lipinski definition) is 14. The van der Waals surface area contributed by atoms with Crippen molar-refractivity contribution < 1.29 is 67.4 Å². The summed E-state index contributed by atoms with van der Waals surface area (Å²) < 4.78 is 35.9. The van der Waals surface area contributed by atoms with Gasteiger partial charge in [-0.25, -0.2) is 4.79 Å². The summed E-state index contributed by atoms with van der Waals surface area (Å²) in [6, 6.07) is 8.00. The average molecular weight is 717 g/mol. The third-order valence-electron chi connectivity index (χ3n) is 10.8. The minimum atomic E-state index is -2.46. The van der Waals surface area contributed by atoms with Crippen LogP contribution in [0, 0.1) is 22.7 Å². The molecule has 0 aliphatic heterocycles. The van der Waals surface area contributed by atoms with Gasteiger partial charge in [0.25, 0.3) is 0 Å². The molecule has 2 bridgehead atoms. The summed E-state index contributed by atoms with van der Waals surface area (Å²) in [6.45, 7) is 11.5. The van der Waals surface area contributed by atoms with Crippen molar-refractivity contribution in [2.75, 3.05) is 6.61 Å². The molecule has 3 aliphatic carbocycles. The van der Waals surface area contributed by atoms with Crippen molar-refractivity contribution in [2.24, 2.45) is 22.7 Å². The first kappa shape index (κ1) is 39.5. The van der Waals surface area contributed by atoms with E-state index in [1.165, 1.54) is 26.0 Å². The first-order valence-corrected chi connectivity index (χ1v) is 16.9. The standard InChI is InChI=1S/C37H48O14/c1-18-26(46-19(2)39)15-25-30(51-34(44)24-13-11-10-12-14-24)32-36(9,27(47-20(3)40)16-28(48-21(4)41)37(32,45)17-38)33(50-23(6)43)31(49-22(5)42)29(18)35(25,7)8/h10-14,25-28,30-33,38,45H,15-17H2,1-9H3/t25-,26-,27-,28-,30+,31+,32-,33-,36+,37-/m0/s1. The molecule has 0 radical (unpaired) electrons. The monoisotopic (exact) mass is 716 g/mol. The lowest BCUT2D eigenvalue weighted by Crippen LogP contribution is -2.76. The van der Waals surface area contributed by atoms with Crippen molar-refractivity contribution in [2.45, 2.75) is 117 Å². The fourth-order valence-electron chi connectivity index (χ4n) is 8.87. The van der Waals surface area contributed by atoms with Gasteiger partial charge in [0.05, 0.1) is 17.6 Å². The molecule has 10 atom stereocenters. The van der Waals surface area contributed by atoms with Crippen LogP contribution in [0.15, 0.2) is 41.5 Å². The number of aliphatic hydroxyl groups excluding tert-OH is 1. The van der Waals surface area contributed by atoms with Crippen molar-refractivity contribution in [3.8, 4) is 0 Å². The Kier molecular flexibility index (Phi) is 11.4. The fourth-order valence-corrected chi connectivity index (χ4v) is 8.87. The predicted octanol–water partition coefficient (Wildman–Crippen LogP) is 3.00. The first-order chi connectivity index (χ1) is 23.7. The molecule has 2 saturated carbocycles. The summed E-state index contributed by atoms with van der Waals surface area (Å²) in [4.78, 5) is 77.9. The number of esters is 6. The number of aliphatic hydroxyl groups is 2. The van der Waals surface area contributed by atoms with E-state index in [1.807, 2.05) is 0 Å². The second-order valence-corrected chi connectivity index (χ2v) is 14.5. The molecule has 3 aliphatic rings. The van der Waals surface area contributed by atoms with Gasteiger partial charge in [0, 0.05) is 52.9 Å². The van der Waals surface area contributed by atoms with Gasteiger partial charge in [-0.1, -0.05) is 39.0 Å². The number of benzene rings is 1. The first-order valence-electron chi connectivity index (χ1n) is 16.9. The number of hydrogen-bond donors (Lipinski definition) is 2. The van der Waals surface area contributed by atoms with Crippen LogP contribution in [0.4, 0.5) is 0 Å². The van der Waals surface area contributed by atoms with Gasteiger partial charge in [0.2, 0.25) is 0 Å². The summed E-state index contributed by atoms with van der Waals surface area (Å²) in [5, 5.41) is 24.0. The van der Waals surface area contributed by atoms with Gasteiger partial charge in [-0.3, -0.25) is 24.0 Å². The maximum atomic E-state index is 14.1. The number of carbonyl (C=O) groups excluding carboxylic acids is 6. The minimum absolute atomic E-state index is 0.0181. The average Bonchev–Trinajstić information content (AvgIpc) is 3.01. The molecule has 0 heterocycles. The van der Waals surface area contributed by atoms with Crippen LogP contribution in [-0.2, 0) is 52.4 Å². The molecule has 0 saturated heterocycles. The fraction of sp³-hybridized carbons (Fsp3) is 0.622. The smallest absolute Gasteiger partial charge is 0.338 e. The largest absolute Gasteiger partial charge is 0.462 e. The van der Waals surface area contributed by atoms with Crippen LogP contribution in [0.1, 0.15) is 85.5 Å². The molecule has 14 nitrogen and oxygen atoms in total. The SMILES string of the molecule is CC(=O)O[C@H]1C[C@H]2[C@@H](OC(=O)c3ccccc3)[C@@H]3[C@](O)(CO)[C@@H](OC(C)=O)C[C@H](OC(C)=O)[C@@]3(C)[C@@H](OC(C)=O)[C@H](OC(C)=O)C(=C1C)C2(C)C. The Morgan fingerprint density at radius 3 is 1.76 bits per heavy atom. The summed E-state index contributed by atoms with van der Waals surface area (Å²) in [5.74, 6) is -7.15. The van der Waals surface area contributed by atoms with Gasteiger partial charge in [0.15, 0.2) is 12.2 Å². The molecule has 2 N–H and O–H groups in total. The van der Waals surface area contributed by atoms with Gasteiger partial charge >= 0.3 is 35.8 Å². The van der Waals surface area contributed by atoms with Gasteiger partial charge in [0.1, 0.15) is 30.0 Å². The van der Waals surface area contributed by atoms with Gasteiger partial charge < -0.3 is 38.6 Å². The second-order valence-electron chi connectivity index (χ2n) is 14.5. The molecule has 0 amide bonds. The number of rotatable bonds is 8. The van der Waals surface area contributed by atoms with Crippen LogP contribution in [0.5, 0.6) is 0 Å². The number of carbonyl (C=O) groups is 6. The Morgan fingerprint density at radius 1 is 0.725 bits per heavy atom. The molecule has 4 rings (SSSR count). The van der Waals surface area contributed by atoms with Gasteiger partial charge in [-0.05, 0) is 42.0 Å². The van der Waals surface area contributed by atoms with Crippen LogP contribution in [0.3, 0.4) is 0 Å². The quantitative estimate of drug-likeness (QED) is 0.226. The van der Waals surface area contributed by atoms with E-state index >= 15 is 0 Å². The lowest BCUT2D eigenvalue weighted by molar-refractivity contribution is -0.298. The van der Waals surface area contributed by atoms with E-state index in [0.717, 1.165) is 27.7 Å². The Hall–Kier alpha value is -4.30. The molecule has 0 aromatic heterocycles. The molecule has 2 fully saturated rings. The van der Waals surface area contributed by atoms with E-state index in [-0.39, 0.29) is 12.0 Å². The molecule has 0 spiro atoms. The maximum Gasteiger partial charge on any atom is 0.338 e. The molecule has 1 aromatic rings. The highest BCUT2D eigenvalue weighted by molar-refractivity contribution is 5.89. The zero-order chi connectivity index (χ0) is 38.2. The van der Waals surface area contributed by atoms with Gasteiger partial charge in [-0.15, -0.1) is 0 Å². The molecule has 0 unspecified atom stereocenters. The van der Waals surface area contributed by atoms with E-state index < -0.39 is 114 Å². The zero-order valence-electron chi connectivity index (χ0n) is 30.4. The Morgan fingerprint density at radius 2 is 1.25 bits per heavy atom. The Balaban J connectivity index is 2.21. The highest BCUT2D eigenvalue weighted by atomic mass is 16.6. The second kappa shape index (κ2) is 14.7. The summed E-state index contributed by atoms with van der Waals surface area (Å²) >= 11 is 0. The third kappa shape index (κ3) is 7.39. The van der Waals surface area contributed by atoms with E-state index in [0.29, 0.717) is 11.1 Å². The van der Waals surface area contributed by atoms with Crippen molar-refractivity contribution in [3.05, 3.63) is 47.0 Å². The summed E-state index contributed by atoms with van der Waals surface area (Å²) in [6.07, 6.45) is -8.73. The molecule has 51 heavy (non-hydrogen) atoms. The van der Waals surface area contributed by atoms with Crippen LogP contribution in [0.2, 0.25) is 0 Å². The lowest BCUT2D eigenvalue weighted by atomic mass is 9.46. The van der Waals surface area contributed by atoms with E-state index in [4.69, 9.17) is 28.4 Å². The predicted molar refractivity (Wildman–Crippen MR) is 176 cm³/mol. The molecular weight excluding hydrogens is 668 g/mol. The number of fused-ring (bicyclic) bond motifs is 3. The third-order valence-corrected chi connectivity index (χ3v) is 10.8. The highest BCUT2D eigenvalue weighted by Gasteiger charge is 2.73. The molecule has 14 heteroatoms. The Bertz CT molecular complexity index is 1580.